The average molecular weight is 373 g/mol. The van der Waals surface area contributed by atoms with E-state index in [0.717, 1.165) is 22.4 Å². The largest absolute Gasteiger partial charge is 0.496 e. The van der Waals surface area contributed by atoms with Gasteiger partial charge in [-0.25, -0.2) is 0 Å². The monoisotopic (exact) mass is 373 g/mol. The zero-order chi connectivity index (χ0) is 19.1. The van der Waals surface area contributed by atoms with Crippen LogP contribution in [-0.2, 0) is 0 Å². The van der Waals surface area contributed by atoms with Gasteiger partial charge in [-0.05, 0) is 43.3 Å². The zero-order valence-electron chi connectivity index (χ0n) is 15.5. The number of aryl methyl sites for hydroxylation is 2. The highest BCUT2D eigenvalue weighted by Crippen LogP contribution is 2.33. The molecule has 0 spiro atoms. The summed E-state index contributed by atoms with van der Waals surface area (Å²) in [6, 6.07) is 9.58. The molecule has 2 N–H and O–H groups in total. The quantitative estimate of drug-likeness (QED) is 0.458. The standard InChI is InChI=1S/C19H23N3O3S/c1-12-7-6-8-13(2)18(12)21-19(26)22-20-11-14-9-16(24-4)17(25-5)10-15(14)23-3/h6-11H,1-5H3,(H2,21,22,26)/b20-11+. The molecule has 138 valence electrons. The number of ether oxygens (including phenoxy) is 3. The van der Waals surface area contributed by atoms with Crippen LogP contribution in [-0.4, -0.2) is 32.7 Å². The molecular formula is C19H23N3O3S. The smallest absolute Gasteiger partial charge is 0.191 e. The van der Waals surface area contributed by atoms with E-state index in [1.807, 2.05) is 32.0 Å². The molecule has 0 fully saturated rings. The van der Waals surface area contributed by atoms with Crippen LogP contribution >= 0.6 is 12.2 Å². The van der Waals surface area contributed by atoms with E-state index < -0.39 is 0 Å². The Kier molecular flexibility index (Phi) is 6.80. The summed E-state index contributed by atoms with van der Waals surface area (Å²) in [5, 5.41) is 7.75. The van der Waals surface area contributed by atoms with Crippen LogP contribution in [0.5, 0.6) is 17.2 Å². The first-order chi connectivity index (χ1) is 12.5. The van der Waals surface area contributed by atoms with Crippen LogP contribution in [0.1, 0.15) is 16.7 Å². The number of rotatable bonds is 6. The molecular weight excluding hydrogens is 350 g/mol. The normalized spacial score (nSPS) is 10.5. The van der Waals surface area contributed by atoms with Crippen LogP contribution in [0.2, 0.25) is 0 Å². The third-order valence-corrected chi connectivity index (χ3v) is 4.02. The van der Waals surface area contributed by atoms with Gasteiger partial charge >= 0.3 is 0 Å². The van der Waals surface area contributed by atoms with Crippen LogP contribution in [0.15, 0.2) is 35.4 Å². The molecule has 7 heteroatoms. The Bertz CT molecular complexity index is 802. The minimum absolute atomic E-state index is 0.401. The predicted molar refractivity (Wildman–Crippen MR) is 109 cm³/mol. The van der Waals surface area contributed by atoms with Crippen LogP contribution in [0, 0.1) is 13.8 Å². The number of nitrogens with zero attached hydrogens (tertiary/aromatic N) is 1. The molecule has 0 saturated heterocycles. The van der Waals surface area contributed by atoms with Crippen molar-refractivity contribution < 1.29 is 14.2 Å². The molecule has 0 aliphatic rings. The van der Waals surface area contributed by atoms with Crippen LogP contribution in [0.25, 0.3) is 0 Å². The molecule has 0 unspecified atom stereocenters. The lowest BCUT2D eigenvalue weighted by molar-refractivity contribution is 0.349. The van der Waals surface area contributed by atoms with E-state index in [4.69, 9.17) is 26.4 Å². The van der Waals surface area contributed by atoms with E-state index in [0.29, 0.717) is 22.4 Å². The number of anilines is 1. The van der Waals surface area contributed by atoms with E-state index in [-0.39, 0.29) is 0 Å². The Hall–Kier alpha value is -2.80. The zero-order valence-corrected chi connectivity index (χ0v) is 16.4. The van der Waals surface area contributed by atoms with Crippen molar-refractivity contribution in [2.45, 2.75) is 13.8 Å². The lowest BCUT2D eigenvalue weighted by Gasteiger charge is -2.13. The van der Waals surface area contributed by atoms with Crippen LogP contribution in [0.3, 0.4) is 0 Å². The summed E-state index contributed by atoms with van der Waals surface area (Å²) in [4.78, 5) is 0. The number of hydrazone groups is 1. The molecule has 0 radical (unpaired) electrons. The third-order valence-electron chi connectivity index (χ3n) is 3.83. The number of nitrogens with one attached hydrogen (secondary N) is 2. The summed E-state index contributed by atoms with van der Waals surface area (Å²) in [6.45, 7) is 4.05. The maximum Gasteiger partial charge on any atom is 0.191 e. The molecule has 6 nitrogen and oxygen atoms in total. The maximum atomic E-state index is 5.37. The van der Waals surface area contributed by atoms with E-state index >= 15 is 0 Å². The Labute approximate surface area is 159 Å². The summed E-state index contributed by atoms with van der Waals surface area (Å²) in [5.41, 5.74) is 6.74. The van der Waals surface area contributed by atoms with E-state index in [1.165, 1.54) is 0 Å². The SMILES string of the molecule is COc1cc(OC)c(OC)cc1/C=N/NC(=S)Nc1c(C)cccc1C. The van der Waals surface area contributed by atoms with Gasteiger partial charge in [0.25, 0.3) is 0 Å². The number of benzene rings is 2. The van der Waals surface area contributed by atoms with Gasteiger partial charge in [0.15, 0.2) is 16.6 Å². The van der Waals surface area contributed by atoms with Gasteiger partial charge in [-0.15, -0.1) is 0 Å². The fourth-order valence-electron chi connectivity index (χ4n) is 2.47. The summed E-state index contributed by atoms with van der Waals surface area (Å²) in [6.07, 6.45) is 1.61. The summed E-state index contributed by atoms with van der Waals surface area (Å²) < 4.78 is 15.9. The van der Waals surface area contributed by atoms with Gasteiger partial charge in [0.2, 0.25) is 0 Å². The lowest BCUT2D eigenvalue weighted by atomic mass is 10.1. The van der Waals surface area contributed by atoms with E-state index in [2.05, 4.69) is 15.8 Å². The van der Waals surface area contributed by atoms with Crippen molar-refractivity contribution in [1.82, 2.24) is 5.43 Å². The first kappa shape index (κ1) is 19.5. The maximum absolute atomic E-state index is 5.37. The van der Waals surface area contributed by atoms with Crippen LogP contribution in [0.4, 0.5) is 5.69 Å². The molecule has 0 aliphatic heterocycles. The van der Waals surface area contributed by atoms with Gasteiger partial charge in [-0.1, -0.05) is 18.2 Å². The highest BCUT2D eigenvalue weighted by molar-refractivity contribution is 7.80. The van der Waals surface area contributed by atoms with Gasteiger partial charge in [-0.3, -0.25) is 5.43 Å². The number of methoxy groups -OCH3 is 3. The van der Waals surface area contributed by atoms with Gasteiger partial charge in [-0.2, -0.15) is 5.10 Å². The molecule has 0 bridgehead atoms. The van der Waals surface area contributed by atoms with Gasteiger partial charge in [0.05, 0.1) is 27.5 Å². The molecule has 0 heterocycles. The van der Waals surface area contributed by atoms with E-state index in [9.17, 15) is 0 Å². The Morgan fingerprint density at radius 3 is 2.12 bits per heavy atom. The van der Waals surface area contributed by atoms with Crippen molar-refractivity contribution in [3.63, 3.8) is 0 Å². The fourth-order valence-corrected chi connectivity index (χ4v) is 2.62. The second-order valence-electron chi connectivity index (χ2n) is 5.54. The highest BCUT2D eigenvalue weighted by Gasteiger charge is 2.10. The second-order valence-corrected chi connectivity index (χ2v) is 5.95. The minimum atomic E-state index is 0.401. The number of thiocarbonyl (C=S) groups is 1. The van der Waals surface area contributed by atoms with Gasteiger partial charge in [0.1, 0.15) is 5.75 Å². The molecule has 0 aromatic heterocycles. The number of hydrogen-bond donors (Lipinski definition) is 2. The molecule has 0 atom stereocenters. The van der Waals surface area contributed by atoms with Crippen molar-refractivity contribution in [3.05, 3.63) is 47.0 Å². The number of para-hydroxylation sites is 1. The van der Waals surface area contributed by atoms with Gasteiger partial charge < -0.3 is 19.5 Å². The molecule has 2 aromatic rings. The topological polar surface area (TPSA) is 64.1 Å². The molecule has 0 saturated carbocycles. The molecule has 0 amide bonds. The molecule has 0 aliphatic carbocycles. The average Bonchev–Trinajstić information content (AvgIpc) is 2.64. The van der Waals surface area contributed by atoms with Gasteiger partial charge in [0, 0.05) is 17.3 Å². The highest BCUT2D eigenvalue weighted by atomic mass is 32.1. The van der Waals surface area contributed by atoms with Crippen molar-refractivity contribution in [2.75, 3.05) is 26.6 Å². The minimum Gasteiger partial charge on any atom is -0.496 e. The summed E-state index contributed by atoms with van der Waals surface area (Å²) >= 11 is 5.31. The Morgan fingerprint density at radius 1 is 0.962 bits per heavy atom. The fraction of sp³-hybridized carbons (Fsp3) is 0.263. The van der Waals surface area contributed by atoms with E-state index in [1.54, 1.807) is 39.7 Å². The van der Waals surface area contributed by atoms with Crippen LogP contribution < -0.4 is 25.0 Å². The second kappa shape index (κ2) is 9.05. The Balaban J connectivity index is 2.11. The first-order valence-electron chi connectivity index (χ1n) is 7.96. The first-order valence-corrected chi connectivity index (χ1v) is 8.37. The van der Waals surface area contributed by atoms with Crippen molar-refractivity contribution in [2.24, 2.45) is 5.10 Å². The molecule has 26 heavy (non-hydrogen) atoms. The lowest BCUT2D eigenvalue weighted by Crippen LogP contribution is -2.24. The summed E-state index contributed by atoms with van der Waals surface area (Å²) in [7, 11) is 4.73. The van der Waals surface area contributed by atoms with Crippen molar-refractivity contribution in [1.29, 1.82) is 0 Å². The van der Waals surface area contributed by atoms with Crippen molar-refractivity contribution in [3.8, 4) is 17.2 Å². The number of hydrogen-bond acceptors (Lipinski definition) is 5. The third kappa shape index (κ3) is 4.64. The molecule has 2 aromatic carbocycles. The van der Waals surface area contributed by atoms with Crippen molar-refractivity contribution >= 4 is 29.2 Å². The molecule has 2 rings (SSSR count). The summed E-state index contributed by atoms with van der Waals surface area (Å²) in [5.74, 6) is 1.79. The predicted octanol–water partition coefficient (Wildman–Crippen LogP) is 3.65. The Morgan fingerprint density at radius 2 is 1.54 bits per heavy atom.